The summed E-state index contributed by atoms with van der Waals surface area (Å²) in [5, 5.41) is 10.7. The van der Waals surface area contributed by atoms with Gasteiger partial charge in [-0.15, -0.1) is 0 Å². The van der Waals surface area contributed by atoms with Gasteiger partial charge in [0.15, 0.2) is 4.77 Å². The van der Waals surface area contributed by atoms with Crippen LogP contribution in [-0.4, -0.2) is 34.0 Å². The molecule has 2 N–H and O–H groups in total. The van der Waals surface area contributed by atoms with Gasteiger partial charge in [-0.1, -0.05) is 12.1 Å². The van der Waals surface area contributed by atoms with Gasteiger partial charge in [0, 0.05) is 25.0 Å². The number of aliphatic imine (C=N–C) groups is 1. The average molecular weight is 409 g/mol. The molecule has 0 bridgehead atoms. The lowest BCUT2D eigenvalue weighted by molar-refractivity contribution is 0.432. The zero-order valence-corrected chi connectivity index (χ0v) is 17.5. The molecule has 0 saturated heterocycles. The Morgan fingerprint density at radius 2 is 1.86 bits per heavy atom. The number of aromatic nitrogens is 2. The second kappa shape index (κ2) is 8.87. The molecule has 0 aliphatic heterocycles. The van der Waals surface area contributed by atoms with Crippen LogP contribution >= 0.6 is 12.2 Å². The molecule has 0 unspecified atom stereocenters. The van der Waals surface area contributed by atoms with Gasteiger partial charge in [-0.05, 0) is 75.0 Å². The molecule has 6 nitrogen and oxygen atoms in total. The van der Waals surface area contributed by atoms with E-state index < -0.39 is 5.56 Å². The number of aromatic amines is 1. The molecule has 7 heteroatoms. The molecule has 0 spiro atoms. The molecule has 0 saturated carbocycles. The van der Waals surface area contributed by atoms with E-state index >= 15 is 0 Å². The van der Waals surface area contributed by atoms with Gasteiger partial charge in [-0.2, -0.15) is 0 Å². The van der Waals surface area contributed by atoms with Crippen LogP contribution in [0.15, 0.2) is 58.3 Å². The van der Waals surface area contributed by atoms with Crippen molar-refractivity contribution in [3.63, 3.8) is 0 Å². The minimum absolute atomic E-state index is 0.0490. The molecule has 0 atom stereocenters. The molecule has 0 radical (unpaired) electrons. The van der Waals surface area contributed by atoms with Crippen molar-refractivity contribution in [3.8, 4) is 11.6 Å². The summed E-state index contributed by atoms with van der Waals surface area (Å²) < 4.78 is 1.55. The Morgan fingerprint density at radius 1 is 1.17 bits per heavy atom. The number of anilines is 1. The number of benzene rings is 2. The Bertz CT molecular complexity index is 1140. The van der Waals surface area contributed by atoms with E-state index in [0.717, 1.165) is 24.3 Å². The molecule has 3 rings (SSSR count). The van der Waals surface area contributed by atoms with Gasteiger partial charge in [-0.3, -0.25) is 19.3 Å². The maximum absolute atomic E-state index is 12.4. The summed E-state index contributed by atoms with van der Waals surface area (Å²) in [7, 11) is 0. The Balaban J connectivity index is 1.98. The van der Waals surface area contributed by atoms with Gasteiger partial charge in [0.1, 0.15) is 5.56 Å². The standard InChI is InChI=1S/C22H24N4O2S/c1-4-25(5-2)17-11-9-16(10-12-17)23-14-19-20(27)24-22(29)26(21(19)28)18-8-6-7-15(3)13-18/h6-14,28H,4-5H2,1-3H3,(H,24,27,29). The number of nitrogens with one attached hydrogen (secondary N) is 1. The third-order valence-electron chi connectivity index (χ3n) is 4.70. The van der Waals surface area contributed by atoms with Crippen molar-refractivity contribution >= 4 is 29.8 Å². The molecular formula is C22H24N4O2S. The number of H-pyrrole nitrogens is 1. The van der Waals surface area contributed by atoms with Gasteiger partial charge in [-0.25, -0.2) is 0 Å². The van der Waals surface area contributed by atoms with Crippen LogP contribution in [0.3, 0.4) is 0 Å². The van der Waals surface area contributed by atoms with Gasteiger partial charge < -0.3 is 10.0 Å². The number of hydrogen-bond donors (Lipinski definition) is 2. The summed E-state index contributed by atoms with van der Waals surface area (Å²) >= 11 is 5.25. The number of aromatic hydroxyl groups is 1. The number of nitrogens with zero attached hydrogens (tertiary/aromatic N) is 3. The summed E-state index contributed by atoms with van der Waals surface area (Å²) in [6, 6.07) is 15.2. The van der Waals surface area contributed by atoms with E-state index in [1.165, 1.54) is 10.8 Å². The highest BCUT2D eigenvalue weighted by molar-refractivity contribution is 7.71. The van der Waals surface area contributed by atoms with Crippen molar-refractivity contribution < 1.29 is 5.11 Å². The quantitative estimate of drug-likeness (QED) is 0.465. The summed E-state index contributed by atoms with van der Waals surface area (Å²) in [5.41, 5.74) is 3.04. The van der Waals surface area contributed by atoms with Crippen molar-refractivity contribution in [2.75, 3.05) is 18.0 Å². The molecule has 0 amide bonds. The van der Waals surface area contributed by atoms with Gasteiger partial charge >= 0.3 is 0 Å². The fourth-order valence-corrected chi connectivity index (χ4v) is 3.42. The van der Waals surface area contributed by atoms with Crippen LogP contribution in [0.1, 0.15) is 25.0 Å². The third-order valence-corrected chi connectivity index (χ3v) is 4.99. The smallest absolute Gasteiger partial charge is 0.264 e. The molecule has 2 aromatic carbocycles. The van der Waals surface area contributed by atoms with Gasteiger partial charge in [0.2, 0.25) is 5.88 Å². The molecule has 150 valence electrons. The molecule has 3 aromatic rings. The first-order chi connectivity index (χ1) is 13.9. The lowest BCUT2D eigenvalue weighted by Gasteiger charge is -2.20. The largest absolute Gasteiger partial charge is 0.494 e. The Kier molecular flexibility index (Phi) is 6.29. The maximum Gasteiger partial charge on any atom is 0.264 e. The maximum atomic E-state index is 12.4. The normalized spacial score (nSPS) is 11.1. The van der Waals surface area contributed by atoms with E-state index in [4.69, 9.17) is 12.2 Å². The van der Waals surface area contributed by atoms with E-state index in [1.54, 1.807) is 0 Å². The topological polar surface area (TPSA) is 73.6 Å². The van der Waals surface area contributed by atoms with Crippen LogP contribution in [0.4, 0.5) is 11.4 Å². The van der Waals surface area contributed by atoms with Crippen molar-refractivity contribution in [2.45, 2.75) is 20.8 Å². The SMILES string of the molecule is CCN(CC)c1ccc(N=Cc2c(O)n(-c3cccc(C)c3)c(=S)[nH]c2=O)cc1. The lowest BCUT2D eigenvalue weighted by atomic mass is 10.2. The predicted octanol–water partition coefficient (Wildman–Crippen LogP) is 4.51. The summed E-state index contributed by atoms with van der Waals surface area (Å²) in [6.07, 6.45) is 1.36. The molecule has 29 heavy (non-hydrogen) atoms. The molecular weight excluding hydrogens is 384 g/mol. The molecule has 0 aliphatic carbocycles. The van der Waals surface area contributed by atoms with E-state index in [0.29, 0.717) is 11.4 Å². The zero-order chi connectivity index (χ0) is 21.0. The first-order valence-electron chi connectivity index (χ1n) is 9.49. The molecule has 1 heterocycles. The Morgan fingerprint density at radius 3 is 2.48 bits per heavy atom. The van der Waals surface area contributed by atoms with Crippen molar-refractivity contribution in [1.82, 2.24) is 9.55 Å². The minimum Gasteiger partial charge on any atom is -0.494 e. The molecule has 0 fully saturated rings. The first kappa shape index (κ1) is 20.5. The fraction of sp³-hybridized carbons (Fsp3) is 0.227. The summed E-state index contributed by atoms with van der Waals surface area (Å²) in [4.78, 5) is 21.6. The number of rotatable bonds is 6. The highest BCUT2D eigenvalue weighted by atomic mass is 32.1. The van der Waals surface area contributed by atoms with Crippen molar-refractivity contribution in [3.05, 3.63) is 74.8 Å². The second-order valence-corrected chi connectivity index (χ2v) is 7.00. The Labute approximate surface area is 174 Å². The van der Waals surface area contributed by atoms with Crippen molar-refractivity contribution in [2.24, 2.45) is 4.99 Å². The summed E-state index contributed by atoms with van der Waals surface area (Å²) in [5.74, 6) is -0.243. The predicted molar refractivity (Wildman–Crippen MR) is 121 cm³/mol. The van der Waals surface area contributed by atoms with Crippen LogP contribution in [0.2, 0.25) is 0 Å². The average Bonchev–Trinajstić information content (AvgIpc) is 2.69. The lowest BCUT2D eigenvalue weighted by Crippen LogP contribution is -2.21. The van der Waals surface area contributed by atoms with Crippen LogP contribution in [-0.2, 0) is 0 Å². The minimum atomic E-state index is -0.486. The first-order valence-corrected chi connectivity index (χ1v) is 9.89. The van der Waals surface area contributed by atoms with Gasteiger partial charge in [0.05, 0.1) is 11.4 Å². The highest BCUT2D eigenvalue weighted by Gasteiger charge is 2.12. The zero-order valence-electron chi connectivity index (χ0n) is 16.7. The van der Waals surface area contributed by atoms with E-state index in [2.05, 4.69) is 28.7 Å². The molecule has 1 aromatic heterocycles. The highest BCUT2D eigenvalue weighted by Crippen LogP contribution is 2.22. The molecule has 0 aliphatic rings. The van der Waals surface area contributed by atoms with E-state index in [-0.39, 0.29) is 16.2 Å². The van der Waals surface area contributed by atoms with Crippen LogP contribution in [0.25, 0.3) is 5.69 Å². The second-order valence-electron chi connectivity index (χ2n) is 6.62. The van der Waals surface area contributed by atoms with E-state index in [1.807, 2.05) is 55.5 Å². The van der Waals surface area contributed by atoms with Crippen molar-refractivity contribution in [1.29, 1.82) is 0 Å². The third kappa shape index (κ3) is 4.46. The Hall–Kier alpha value is -3.19. The van der Waals surface area contributed by atoms with Gasteiger partial charge in [0.25, 0.3) is 5.56 Å². The van der Waals surface area contributed by atoms with E-state index in [9.17, 15) is 9.90 Å². The number of hydrogen-bond acceptors (Lipinski definition) is 5. The summed E-state index contributed by atoms with van der Waals surface area (Å²) in [6.45, 7) is 8.01. The number of aryl methyl sites for hydroxylation is 1. The monoisotopic (exact) mass is 408 g/mol. The van der Waals surface area contributed by atoms with Crippen LogP contribution in [0.5, 0.6) is 5.88 Å². The van der Waals surface area contributed by atoms with Crippen LogP contribution in [0, 0.1) is 11.7 Å². The van der Waals surface area contributed by atoms with Crippen LogP contribution < -0.4 is 10.5 Å². The fourth-order valence-electron chi connectivity index (χ4n) is 3.14.